The Hall–Kier alpha value is -0.580. The summed E-state index contributed by atoms with van der Waals surface area (Å²) in [6.45, 7) is 4.57. The first kappa shape index (κ1) is 15.3. The zero-order chi connectivity index (χ0) is 14.8. The average Bonchev–Trinajstić information content (AvgIpc) is 3.11. The van der Waals surface area contributed by atoms with E-state index in [1.165, 1.54) is 25.7 Å². The molecule has 3 rings (SSSR count). The SMILES string of the molecule is CCNC(c1c(Cl)cnn1CCOC)C1C2CCCCC21. The van der Waals surface area contributed by atoms with Gasteiger partial charge in [0.05, 0.1) is 36.1 Å². The molecule has 0 radical (unpaired) electrons. The fraction of sp³-hybridized carbons (Fsp3) is 0.812. The lowest BCUT2D eigenvalue weighted by atomic mass is 10.0. The molecule has 0 aromatic carbocycles. The second-order valence-corrected chi connectivity index (χ2v) is 6.73. The average molecular weight is 312 g/mol. The Morgan fingerprint density at radius 3 is 2.76 bits per heavy atom. The van der Waals surface area contributed by atoms with Crippen molar-refractivity contribution >= 4 is 11.6 Å². The molecule has 1 heterocycles. The lowest BCUT2D eigenvalue weighted by Crippen LogP contribution is -2.27. The third-order valence-corrected chi connectivity index (χ3v) is 5.46. The molecule has 1 aromatic rings. The Morgan fingerprint density at radius 2 is 2.14 bits per heavy atom. The third kappa shape index (κ3) is 2.99. The van der Waals surface area contributed by atoms with E-state index >= 15 is 0 Å². The topological polar surface area (TPSA) is 39.1 Å². The van der Waals surface area contributed by atoms with Crippen LogP contribution in [0.2, 0.25) is 5.02 Å². The highest BCUT2D eigenvalue weighted by Gasteiger charge is 2.55. The molecular weight excluding hydrogens is 286 g/mol. The Bertz CT molecular complexity index is 464. The van der Waals surface area contributed by atoms with Crippen molar-refractivity contribution in [3.8, 4) is 0 Å². The van der Waals surface area contributed by atoms with Crippen LogP contribution in [0.25, 0.3) is 0 Å². The summed E-state index contributed by atoms with van der Waals surface area (Å²) in [7, 11) is 1.72. The van der Waals surface area contributed by atoms with Crippen molar-refractivity contribution in [1.29, 1.82) is 0 Å². The monoisotopic (exact) mass is 311 g/mol. The minimum Gasteiger partial charge on any atom is -0.383 e. The van der Waals surface area contributed by atoms with Gasteiger partial charge in [0.1, 0.15) is 0 Å². The minimum atomic E-state index is 0.343. The van der Waals surface area contributed by atoms with E-state index in [1.807, 2.05) is 4.68 Å². The summed E-state index contributed by atoms with van der Waals surface area (Å²) in [6.07, 6.45) is 7.35. The van der Waals surface area contributed by atoms with Crippen LogP contribution < -0.4 is 5.32 Å². The Kier molecular flexibility index (Phi) is 4.87. The van der Waals surface area contributed by atoms with Gasteiger partial charge in [0, 0.05) is 7.11 Å². The molecule has 0 amide bonds. The summed E-state index contributed by atoms with van der Waals surface area (Å²) in [6, 6.07) is 0.343. The molecule has 0 aliphatic heterocycles. The van der Waals surface area contributed by atoms with Gasteiger partial charge in [-0.1, -0.05) is 31.4 Å². The molecule has 4 nitrogen and oxygen atoms in total. The van der Waals surface area contributed by atoms with Gasteiger partial charge in [-0.05, 0) is 37.1 Å². The van der Waals surface area contributed by atoms with Crippen molar-refractivity contribution in [2.75, 3.05) is 20.3 Å². The van der Waals surface area contributed by atoms with Gasteiger partial charge in [0.15, 0.2) is 0 Å². The standard InChI is InChI=1S/C16H26ClN3O/c1-3-18-15(14-11-6-4-5-7-12(11)14)16-13(17)10-19-20(16)8-9-21-2/h10-12,14-15,18H,3-9H2,1-2H3. The molecule has 0 spiro atoms. The smallest absolute Gasteiger partial charge is 0.0834 e. The zero-order valence-corrected chi connectivity index (χ0v) is 13.8. The highest BCUT2D eigenvalue weighted by atomic mass is 35.5. The number of aromatic nitrogens is 2. The number of halogens is 1. The van der Waals surface area contributed by atoms with Crippen molar-refractivity contribution < 1.29 is 4.74 Å². The van der Waals surface area contributed by atoms with E-state index in [1.54, 1.807) is 13.3 Å². The third-order valence-electron chi connectivity index (χ3n) is 5.17. The second kappa shape index (κ2) is 6.67. The van der Waals surface area contributed by atoms with E-state index in [9.17, 15) is 0 Å². The van der Waals surface area contributed by atoms with Crippen molar-refractivity contribution in [3.63, 3.8) is 0 Å². The van der Waals surface area contributed by atoms with Gasteiger partial charge < -0.3 is 10.1 Å². The van der Waals surface area contributed by atoms with Crippen molar-refractivity contribution in [2.24, 2.45) is 17.8 Å². The highest BCUT2D eigenvalue weighted by molar-refractivity contribution is 6.31. The summed E-state index contributed by atoms with van der Waals surface area (Å²) >= 11 is 6.46. The largest absolute Gasteiger partial charge is 0.383 e. The maximum absolute atomic E-state index is 6.46. The maximum atomic E-state index is 6.46. The molecule has 21 heavy (non-hydrogen) atoms. The molecule has 118 valence electrons. The second-order valence-electron chi connectivity index (χ2n) is 6.32. The van der Waals surface area contributed by atoms with Crippen LogP contribution in [0.4, 0.5) is 0 Å². The number of ether oxygens (including phenoxy) is 1. The summed E-state index contributed by atoms with van der Waals surface area (Å²) in [5, 5.41) is 8.92. The predicted molar refractivity (Wildman–Crippen MR) is 84.5 cm³/mol. The number of hydrogen-bond acceptors (Lipinski definition) is 3. The van der Waals surface area contributed by atoms with Crippen LogP contribution in [0.3, 0.4) is 0 Å². The fourth-order valence-corrected chi connectivity index (χ4v) is 4.47. The maximum Gasteiger partial charge on any atom is 0.0834 e. The van der Waals surface area contributed by atoms with Crippen molar-refractivity contribution in [2.45, 2.75) is 45.2 Å². The molecule has 2 aliphatic rings. The Morgan fingerprint density at radius 1 is 1.43 bits per heavy atom. The summed E-state index contributed by atoms with van der Waals surface area (Å²) in [5.41, 5.74) is 1.16. The van der Waals surface area contributed by atoms with E-state index in [0.29, 0.717) is 12.6 Å². The van der Waals surface area contributed by atoms with Crippen LogP contribution in [0, 0.1) is 17.8 Å². The lowest BCUT2D eigenvalue weighted by Gasteiger charge is -2.21. The molecule has 5 heteroatoms. The van der Waals surface area contributed by atoms with Crippen LogP contribution >= 0.6 is 11.6 Å². The van der Waals surface area contributed by atoms with Crippen LogP contribution in [-0.2, 0) is 11.3 Å². The van der Waals surface area contributed by atoms with Gasteiger partial charge in [0.2, 0.25) is 0 Å². The number of fused-ring (bicyclic) bond motifs is 1. The summed E-state index contributed by atoms with van der Waals surface area (Å²) < 4.78 is 7.23. The zero-order valence-electron chi connectivity index (χ0n) is 13.0. The van der Waals surface area contributed by atoms with E-state index in [0.717, 1.165) is 41.6 Å². The van der Waals surface area contributed by atoms with Gasteiger partial charge in [-0.25, -0.2) is 0 Å². The molecule has 2 fully saturated rings. The quantitative estimate of drug-likeness (QED) is 0.840. The van der Waals surface area contributed by atoms with Crippen molar-refractivity contribution in [3.05, 3.63) is 16.9 Å². The van der Waals surface area contributed by atoms with Gasteiger partial charge in [-0.3, -0.25) is 4.68 Å². The fourth-order valence-electron chi connectivity index (χ4n) is 4.21. The van der Waals surface area contributed by atoms with E-state index < -0.39 is 0 Å². The molecule has 1 N–H and O–H groups in total. The molecule has 3 atom stereocenters. The number of methoxy groups -OCH3 is 1. The molecule has 1 aromatic heterocycles. The summed E-state index contributed by atoms with van der Waals surface area (Å²) in [4.78, 5) is 0. The Labute approximate surface area is 132 Å². The number of hydrogen-bond donors (Lipinski definition) is 1. The predicted octanol–water partition coefficient (Wildman–Crippen LogP) is 3.27. The molecular formula is C16H26ClN3O. The summed E-state index contributed by atoms with van der Waals surface area (Å²) in [5.74, 6) is 2.53. The van der Waals surface area contributed by atoms with E-state index in [4.69, 9.17) is 16.3 Å². The Balaban J connectivity index is 1.82. The first-order chi connectivity index (χ1) is 10.3. The number of nitrogens with zero attached hydrogens (tertiary/aromatic N) is 2. The first-order valence-electron chi connectivity index (χ1n) is 8.21. The van der Waals surface area contributed by atoms with Crippen LogP contribution in [0.1, 0.15) is 44.3 Å². The number of nitrogens with one attached hydrogen (secondary N) is 1. The lowest BCUT2D eigenvalue weighted by molar-refractivity contribution is 0.181. The van der Waals surface area contributed by atoms with E-state index in [2.05, 4.69) is 17.3 Å². The molecule has 0 bridgehead atoms. The van der Waals surface area contributed by atoms with Crippen LogP contribution in [-0.4, -0.2) is 30.0 Å². The molecule has 2 aliphatic carbocycles. The van der Waals surface area contributed by atoms with Gasteiger partial charge in [-0.15, -0.1) is 0 Å². The minimum absolute atomic E-state index is 0.343. The number of rotatable bonds is 7. The highest BCUT2D eigenvalue weighted by Crippen LogP contribution is 2.60. The van der Waals surface area contributed by atoms with Crippen LogP contribution in [0.15, 0.2) is 6.20 Å². The van der Waals surface area contributed by atoms with Gasteiger partial charge in [-0.2, -0.15) is 5.10 Å². The molecule has 3 unspecified atom stereocenters. The van der Waals surface area contributed by atoms with Crippen LogP contribution in [0.5, 0.6) is 0 Å². The molecule has 0 saturated heterocycles. The molecule has 2 saturated carbocycles. The van der Waals surface area contributed by atoms with Gasteiger partial charge in [0.25, 0.3) is 0 Å². The first-order valence-corrected chi connectivity index (χ1v) is 8.59. The normalized spacial score (nSPS) is 29.2. The van der Waals surface area contributed by atoms with Crippen molar-refractivity contribution in [1.82, 2.24) is 15.1 Å². The van der Waals surface area contributed by atoms with Gasteiger partial charge >= 0.3 is 0 Å². The van der Waals surface area contributed by atoms with E-state index in [-0.39, 0.29) is 0 Å².